The Morgan fingerprint density at radius 3 is 2.45 bits per heavy atom. The minimum Gasteiger partial charge on any atom is -0.399 e. The van der Waals surface area contributed by atoms with Crippen LogP contribution in [0, 0.1) is 12.7 Å². The number of hydrogen-bond donors (Lipinski definition) is 1. The second-order valence-corrected chi connectivity index (χ2v) is 6.50. The molecule has 0 bridgehead atoms. The number of rotatable bonds is 3. The van der Waals surface area contributed by atoms with Crippen LogP contribution in [-0.4, -0.2) is 15.5 Å². The summed E-state index contributed by atoms with van der Waals surface area (Å²) in [6.45, 7) is 1.76. The first kappa shape index (κ1) is 14.3. The predicted molar refractivity (Wildman–Crippen MR) is 77.6 cm³/mol. The molecule has 0 aliphatic rings. The van der Waals surface area contributed by atoms with E-state index in [1.807, 2.05) is 0 Å². The normalized spacial score (nSPS) is 11.3. The molecule has 0 amide bonds. The van der Waals surface area contributed by atoms with Gasteiger partial charge in [0.15, 0.2) is 0 Å². The third-order valence-corrected chi connectivity index (χ3v) is 4.67. The number of nitrogen functional groups attached to an aromatic ring is 1. The predicted octanol–water partition coefficient (Wildman–Crippen LogP) is 2.54. The molecule has 0 aliphatic heterocycles. The van der Waals surface area contributed by atoms with Crippen molar-refractivity contribution in [3.05, 3.63) is 53.8 Å². The van der Waals surface area contributed by atoms with Crippen molar-refractivity contribution in [3.8, 4) is 0 Å². The van der Waals surface area contributed by atoms with Crippen LogP contribution in [0.5, 0.6) is 0 Å². The maximum absolute atomic E-state index is 13.2. The summed E-state index contributed by atoms with van der Waals surface area (Å²) >= 11 is 0. The zero-order valence-corrected chi connectivity index (χ0v) is 12.0. The molecule has 0 fully saturated rings. The number of hydrogen-bond acceptors (Lipinski definition) is 3. The van der Waals surface area contributed by atoms with Crippen LogP contribution in [0.25, 0.3) is 0 Å². The lowest BCUT2D eigenvalue weighted by Gasteiger charge is -2.20. The van der Waals surface area contributed by atoms with E-state index < -0.39 is 15.8 Å². The number of halogens is 1. The Labute approximate surface area is 117 Å². The molecule has 0 saturated carbocycles. The Bertz CT molecular complexity index is 724. The molecule has 0 unspecified atom stereocenters. The molecule has 0 heterocycles. The van der Waals surface area contributed by atoms with Gasteiger partial charge in [-0.05, 0) is 48.9 Å². The van der Waals surface area contributed by atoms with Crippen molar-refractivity contribution in [1.29, 1.82) is 0 Å². The molecule has 2 rings (SSSR count). The molecule has 0 spiro atoms. The van der Waals surface area contributed by atoms with E-state index in [1.165, 1.54) is 37.4 Å². The summed E-state index contributed by atoms with van der Waals surface area (Å²) in [5, 5.41) is 0. The van der Waals surface area contributed by atoms with Crippen molar-refractivity contribution in [1.82, 2.24) is 0 Å². The quantitative estimate of drug-likeness (QED) is 0.885. The van der Waals surface area contributed by atoms with Gasteiger partial charge in [-0.2, -0.15) is 0 Å². The second-order valence-electron chi connectivity index (χ2n) is 4.53. The summed E-state index contributed by atoms with van der Waals surface area (Å²) in [6, 6.07) is 10.0. The zero-order valence-electron chi connectivity index (χ0n) is 11.2. The lowest BCUT2D eigenvalue weighted by molar-refractivity contribution is 0.594. The fraction of sp³-hybridized carbons (Fsp3) is 0.143. The lowest BCUT2D eigenvalue weighted by Crippen LogP contribution is -2.26. The Kier molecular flexibility index (Phi) is 3.67. The Morgan fingerprint density at radius 1 is 1.15 bits per heavy atom. The molecule has 2 aromatic rings. The molecule has 2 N–H and O–H groups in total. The highest BCUT2D eigenvalue weighted by Gasteiger charge is 2.22. The number of benzene rings is 2. The van der Waals surface area contributed by atoms with Gasteiger partial charge in [-0.3, -0.25) is 4.31 Å². The molecule has 106 valence electrons. The van der Waals surface area contributed by atoms with Crippen molar-refractivity contribution in [2.45, 2.75) is 11.8 Å². The minimum atomic E-state index is -3.77. The average Bonchev–Trinajstić information content (AvgIpc) is 2.36. The van der Waals surface area contributed by atoms with Gasteiger partial charge in [0.25, 0.3) is 10.0 Å². The van der Waals surface area contributed by atoms with Gasteiger partial charge in [0.1, 0.15) is 5.82 Å². The molecule has 6 heteroatoms. The minimum absolute atomic E-state index is 0.0850. The molecular weight excluding hydrogens is 279 g/mol. The van der Waals surface area contributed by atoms with Crippen LogP contribution >= 0.6 is 0 Å². The van der Waals surface area contributed by atoms with Crippen LogP contribution in [0.3, 0.4) is 0 Å². The summed E-state index contributed by atoms with van der Waals surface area (Å²) in [6.07, 6.45) is 0. The highest BCUT2D eigenvalue weighted by Crippen LogP contribution is 2.24. The van der Waals surface area contributed by atoms with Gasteiger partial charge in [-0.15, -0.1) is 0 Å². The third kappa shape index (κ3) is 2.75. The monoisotopic (exact) mass is 294 g/mol. The molecule has 0 aromatic heterocycles. The fourth-order valence-electron chi connectivity index (χ4n) is 1.89. The van der Waals surface area contributed by atoms with E-state index >= 15 is 0 Å². The lowest BCUT2D eigenvalue weighted by atomic mass is 10.2. The van der Waals surface area contributed by atoms with Crippen LogP contribution in [0.1, 0.15) is 5.56 Å². The van der Waals surface area contributed by atoms with Crippen molar-refractivity contribution >= 4 is 21.4 Å². The summed E-state index contributed by atoms with van der Waals surface area (Å²) in [5.41, 5.74) is 7.05. The highest BCUT2D eigenvalue weighted by atomic mass is 32.2. The molecule has 0 radical (unpaired) electrons. The maximum atomic E-state index is 13.2. The smallest absolute Gasteiger partial charge is 0.264 e. The van der Waals surface area contributed by atoms with E-state index in [4.69, 9.17) is 5.73 Å². The number of aryl methyl sites for hydroxylation is 1. The van der Waals surface area contributed by atoms with E-state index in [1.54, 1.807) is 13.0 Å². The summed E-state index contributed by atoms with van der Waals surface area (Å²) < 4.78 is 39.2. The van der Waals surface area contributed by atoms with Crippen LogP contribution in [0.4, 0.5) is 15.8 Å². The van der Waals surface area contributed by atoms with Crippen molar-refractivity contribution in [2.75, 3.05) is 17.1 Å². The number of sulfonamides is 1. The van der Waals surface area contributed by atoms with Gasteiger partial charge < -0.3 is 5.73 Å². The van der Waals surface area contributed by atoms with E-state index in [-0.39, 0.29) is 10.6 Å². The van der Waals surface area contributed by atoms with E-state index in [0.29, 0.717) is 5.69 Å². The maximum Gasteiger partial charge on any atom is 0.264 e. The van der Waals surface area contributed by atoms with Gasteiger partial charge in [0.05, 0.1) is 10.6 Å². The first-order valence-corrected chi connectivity index (χ1v) is 7.36. The van der Waals surface area contributed by atoms with Gasteiger partial charge in [0.2, 0.25) is 0 Å². The third-order valence-electron chi connectivity index (χ3n) is 2.90. The van der Waals surface area contributed by atoms with Crippen molar-refractivity contribution in [3.63, 3.8) is 0 Å². The molecule has 2 aromatic carbocycles. The number of nitrogens with two attached hydrogens (primary N) is 1. The standard InChI is InChI=1S/C14H15FN2O2S/c1-10-6-12(16)9-14(7-10)20(18,19)17(2)13-5-3-4-11(15)8-13/h3-9H,16H2,1-2H3. The molecular formula is C14H15FN2O2S. The SMILES string of the molecule is Cc1cc(N)cc(S(=O)(=O)N(C)c2cccc(F)c2)c1. The van der Waals surface area contributed by atoms with Crippen LogP contribution in [0.15, 0.2) is 47.4 Å². The van der Waals surface area contributed by atoms with E-state index in [0.717, 1.165) is 15.9 Å². The van der Waals surface area contributed by atoms with Crippen LogP contribution in [0.2, 0.25) is 0 Å². The topological polar surface area (TPSA) is 63.4 Å². The van der Waals surface area contributed by atoms with Crippen molar-refractivity contribution < 1.29 is 12.8 Å². The number of anilines is 2. The fourth-order valence-corrected chi connectivity index (χ4v) is 3.22. The summed E-state index contributed by atoms with van der Waals surface area (Å²) in [5.74, 6) is -0.492. The van der Waals surface area contributed by atoms with Crippen molar-refractivity contribution in [2.24, 2.45) is 0 Å². The summed E-state index contributed by atoms with van der Waals surface area (Å²) in [7, 11) is -2.39. The first-order chi connectivity index (χ1) is 9.30. The second kappa shape index (κ2) is 5.13. The first-order valence-electron chi connectivity index (χ1n) is 5.92. The van der Waals surface area contributed by atoms with E-state index in [9.17, 15) is 12.8 Å². The molecule has 20 heavy (non-hydrogen) atoms. The van der Waals surface area contributed by atoms with E-state index in [2.05, 4.69) is 0 Å². The van der Waals surface area contributed by atoms with Crippen LogP contribution < -0.4 is 10.0 Å². The average molecular weight is 294 g/mol. The highest BCUT2D eigenvalue weighted by molar-refractivity contribution is 7.92. The Hall–Kier alpha value is -2.08. The van der Waals surface area contributed by atoms with Gasteiger partial charge in [-0.25, -0.2) is 12.8 Å². The van der Waals surface area contributed by atoms with Gasteiger partial charge in [-0.1, -0.05) is 6.07 Å². The molecule has 4 nitrogen and oxygen atoms in total. The number of nitrogens with zero attached hydrogens (tertiary/aromatic N) is 1. The van der Waals surface area contributed by atoms with Crippen LogP contribution in [-0.2, 0) is 10.0 Å². The van der Waals surface area contributed by atoms with Gasteiger partial charge >= 0.3 is 0 Å². The Balaban J connectivity index is 2.49. The Morgan fingerprint density at radius 2 is 1.85 bits per heavy atom. The molecule has 0 saturated heterocycles. The molecule has 0 aliphatic carbocycles. The zero-order chi connectivity index (χ0) is 14.9. The van der Waals surface area contributed by atoms with Gasteiger partial charge in [0, 0.05) is 12.7 Å². The molecule has 0 atom stereocenters. The summed E-state index contributed by atoms with van der Waals surface area (Å²) in [4.78, 5) is 0.0850. The largest absolute Gasteiger partial charge is 0.399 e.